The number of benzene rings is 8. The number of para-hydroxylation sites is 2. The molecule has 4 heterocycles. The Bertz CT molecular complexity index is 3700. The average molecular weight is 980 g/mol. The van der Waals surface area contributed by atoms with Crippen molar-refractivity contribution < 1.29 is 0 Å². The van der Waals surface area contributed by atoms with Crippen molar-refractivity contribution in [1.82, 2.24) is 9.97 Å². The fourth-order valence-electron chi connectivity index (χ4n) is 11.4. The van der Waals surface area contributed by atoms with E-state index in [0.717, 1.165) is 56.4 Å². The van der Waals surface area contributed by atoms with Crippen LogP contribution in [0.2, 0.25) is 0 Å². The van der Waals surface area contributed by atoms with Gasteiger partial charge in [-0.3, -0.25) is 0 Å². The van der Waals surface area contributed by atoms with Crippen molar-refractivity contribution in [3.8, 4) is 22.3 Å². The van der Waals surface area contributed by atoms with Crippen LogP contribution >= 0.6 is 11.3 Å². The number of thiophene rings is 1. The molecule has 0 bridgehead atoms. The molecule has 8 aromatic carbocycles. The number of anilines is 9. The van der Waals surface area contributed by atoms with Gasteiger partial charge in [0.1, 0.15) is 6.33 Å². The number of aryl methyl sites for hydroxylation is 1. The second-order valence-electron chi connectivity index (χ2n) is 23.3. The number of hydrogen-bond donors (Lipinski definition) is 0. The molecule has 0 saturated carbocycles. The molecule has 0 atom stereocenters. The quantitative estimate of drug-likeness (QED) is 0.149. The van der Waals surface area contributed by atoms with Gasteiger partial charge in [0.25, 0.3) is 6.71 Å². The summed E-state index contributed by atoms with van der Waals surface area (Å²) in [6.07, 6.45) is 5.55. The van der Waals surface area contributed by atoms with Crippen LogP contribution in [0.25, 0.3) is 32.3 Å². The van der Waals surface area contributed by atoms with Crippen LogP contribution in [0.5, 0.6) is 0 Å². The van der Waals surface area contributed by atoms with Gasteiger partial charge in [-0.15, -0.1) is 11.3 Å². The topological polar surface area (TPSA) is 35.5 Å². The van der Waals surface area contributed by atoms with Crippen LogP contribution in [0.15, 0.2) is 195 Å². The second-order valence-corrected chi connectivity index (χ2v) is 24.4. The van der Waals surface area contributed by atoms with Crippen molar-refractivity contribution in [2.75, 3.05) is 14.7 Å². The van der Waals surface area contributed by atoms with E-state index in [4.69, 9.17) is 0 Å². The van der Waals surface area contributed by atoms with E-state index < -0.39 is 0 Å². The van der Waals surface area contributed by atoms with Gasteiger partial charge in [0.05, 0.1) is 11.4 Å². The molecule has 10 aromatic rings. The normalized spacial score (nSPS) is 13.2. The van der Waals surface area contributed by atoms with Crippen LogP contribution in [-0.2, 0) is 16.2 Å². The first kappa shape index (κ1) is 47.3. The molecule has 0 unspecified atom stereocenters. The van der Waals surface area contributed by atoms with Gasteiger partial charge in [-0.25, -0.2) is 9.97 Å². The Morgan fingerprint density at radius 3 is 1.69 bits per heavy atom. The summed E-state index contributed by atoms with van der Waals surface area (Å²) in [6, 6.07) is 66.1. The van der Waals surface area contributed by atoms with Gasteiger partial charge in [-0.05, 0) is 152 Å². The molecule has 0 amide bonds. The summed E-state index contributed by atoms with van der Waals surface area (Å²) < 4.78 is 2.65. The maximum absolute atomic E-state index is 4.60. The van der Waals surface area contributed by atoms with E-state index >= 15 is 0 Å². The molecule has 0 saturated heterocycles. The third-order valence-electron chi connectivity index (χ3n) is 15.1. The van der Waals surface area contributed by atoms with Crippen LogP contribution in [0.4, 0.5) is 51.2 Å². The van der Waals surface area contributed by atoms with Crippen LogP contribution in [0.3, 0.4) is 0 Å². The van der Waals surface area contributed by atoms with Crippen LogP contribution < -0.4 is 30.4 Å². The minimum Gasteiger partial charge on any atom is -0.311 e. The Hall–Kier alpha value is -7.74. The summed E-state index contributed by atoms with van der Waals surface area (Å²) in [5, 5.41) is 1.30. The Kier molecular flexibility index (Phi) is 11.3. The third-order valence-corrected chi connectivity index (χ3v) is 16.3. The van der Waals surface area contributed by atoms with Crippen molar-refractivity contribution in [2.45, 2.75) is 85.5 Å². The van der Waals surface area contributed by atoms with Gasteiger partial charge in [0.15, 0.2) is 0 Å². The van der Waals surface area contributed by atoms with E-state index in [0.29, 0.717) is 0 Å². The molecular weight excluding hydrogens is 918 g/mol. The summed E-state index contributed by atoms with van der Waals surface area (Å²) in [4.78, 5) is 16.8. The Labute approximate surface area is 441 Å². The molecule has 0 aliphatic carbocycles. The van der Waals surface area contributed by atoms with Crippen molar-refractivity contribution in [2.24, 2.45) is 0 Å². The van der Waals surface area contributed by atoms with Gasteiger partial charge in [-0.2, -0.15) is 0 Å². The highest BCUT2D eigenvalue weighted by Crippen LogP contribution is 2.52. The van der Waals surface area contributed by atoms with E-state index in [9.17, 15) is 0 Å². The highest BCUT2D eigenvalue weighted by Gasteiger charge is 2.46. The monoisotopic (exact) mass is 979 g/mol. The lowest BCUT2D eigenvalue weighted by atomic mass is 9.36. The lowest BCUT2D eigenvalue weighted by Gasteiger charge is -2.44. The summed E-state index contributed by atoms with van der Waals surface area (Å²) in [5.41, 5.74) is 22.2. The Morgan fingerprint density at radius 2 is 1.08 bits per heavy atom. The van der Waals surface area contributed by atoms with Crippen LogP contribution in [-0.4, -0.2) is 16.7 Å². The van der Waals surface area contributed by atoms with Gasteiger partial charge in [0, 0.05) is 78.2 Å². The van der Waals surface area contributed by atoms with Gasteiger partial charge >= 0.3 is 0 Å². The first-order chi connectivity index (χ1) is 35.5. The largest absolute Gasteiger partial charge is 0.311 e. The number of fused-ring (bicyclic) bond motifs is 6. The van der Waals surface area contributed by atoms with E-state index in [2.05, 4.69) is 270 Å². The predicted molar refractivity (Wildman–Crippen MR) is 318 cm³/mol. The number of nitrogens with zero attached hydrogens (tertiary/aromatic N) is 5. The molecule has 0 spiro atoms. The van der Waals surface area contributed by atoms with Crippen molar-refractivity contribution >= 4 is 95.0 Å². The number of rotatable bonds is 7. The molecule has 0 fully saturated rings. The van der Waals surface area contributed by atoms with Gasteiger partial charge in [0.2, 0.25) is 0 Å². The maximum atomic E-state index is 4.60. The first-order valence-corrected chi connectivity index (χ1v) is 26.8. The summed E-state index contributed by atoms with van der Waals surface area (Å²) in [5.74, 6) is 0. The molecule has 364 valence electrons. The van der Waals surface area contributed by atoms with Crippen LogP contribution in [0.1, 0.15) is 84.6 Å². The molecule has 74 heavy (non-hydrogen) atoms. The van der Waals surface area contributed by atoms with E-state index in [-0.39, 0.29) is 23.0 Å². The molecule has 0 N–H and O–H groups in total. The highest BCUT2D eigenvalue weighted by molar-refractivity contribution is 7.33. The first-order valence-electron chi connectivity index (χ1n) is 26.0. The summed E-state index contributed by atoms with van der Waals surface area (Å²) in [7, 11) is 0. The molecule has 7 heteroatoms. The maximum Gasteiger partial charge on any atom is 0.264 e. The zero-order chi connectivity index (χ0) is 51.3. The third kappa shape index (κ3) is 8.09. The Morgan fingerprint density at radius 1 is 0.486 bits per heavy atom. The van der Waals surface area contributed by atoms with Gasteiger partial charge in [-0.1, -0.05) is 153 Å². The molecule has 5 nitrogen and oxygen atoms in total. The lowest BCUT2D eigenvalue weighted by molar-refractivity contribution is 0.590. The van der Waals surface area contributed by atoms with Crippen molar-refractivity contribution in [3.63, 3.8) is 0 Å². The fraction of sp³-hybridized carbons (Fsp3) is 0.194. The average Bonchev–Trinajstić information content (AvgIpc) is 3.81. The van der Waals surface area contributed by atoms with E-state index in [1.807, 2.05) is 23.7 Å². The zero-order valence-corrected chi connectivity index (χ0v) is 45.0. The predicted octanol–water partition coefficient (Wildman–Crippen LogP) is 16.8. The van der Waals surface area contributed by atoms with E-state index in [1.165, 1.54) is 65.1 Å². The molecule has 2 aromatic heterocycles. The van der Waals surface area contributed by atoms with E-state index in [1.54, 1.807) is 6.33 Å². The SMILES string of the molecule is Cc1cc2c3c(c1)N(c1ccc(C(C)(C)C)cc1)c1c(sc4ccc(C(C)(C)C)cc14)B3c1ccc(N(c3ccccc3)c3ccccc3)cc1N2c1cc(-c2cncnc2)c(C(C)(C)C)cc1-c1ccccc1. The van der Waals surface area contributed by atoms with Crippen LogP contribution in [0, 0.1) is 6.92 Å². The molecular formula is C67H62BN5S. The van der Waals surface area contributed by atoms with Gasteiger partial charge < -0.3 is 14.7 Å². The van der Waals surface area contributed by atoms with Crippen molar-refractivity contribution in [3.05, 3.63) is 217 Å². The summed E-state index contributed by atoms with van der Waals surface area (Å²) in [6.45, 7) is 23.0. The fourth-order valence-corrected chi connectivity index (χ4v) is 12.7. The standard InChI is InChI=1S/C67H62BN5S/c1-43-34-59-62-60(35-43)73(57-39-52(45-40-69-42-70-41-45)55(67(8,9)10)38-53(57)44-20-14-11-15-21-44)58-37-51(71(48-22-16-12-17-23-48)49-24-18-13-19-25-49)31-32-56(58)68(62)64-63(54-36-47(66(5,6)7)28-33-61(54)74-64)72(59)50-29-26-46(27-30-50)65(2,3)4/h11-42H,1-10H3. The molecule has 2 aliphatic heterocycles. The second kappa shape index (κ2) is 17.7. The smallest absolute Gasteiger partial charge is 0.264 e. The number of aromatic nitrogens is 2. The number of hydrogen-bond acceptors (Lipinski definition) is 6. The molecule has 0 radical (unpaired) electrons. The zero-order valence-electron chi connectivity index (χ0n) is 44.2. The Balaban J connectivity index is 1.22. The minimum atomic E-state index is -0.201. The van der Waals surface area contributed by atoms with Crippen molar-refractivity contribution in [1.29, 1.82) is 0 Å². The highest BCUT2D eigenvalue weighted by atomic mass is 32.1. The lowest BCUT2D eigenvalue weighted by Crippen LogP contribution is -2.60. The molecule has 12 rings (SSSR count). The summed E-state index contributed by atoms with van der Waals surface area (Å²) >= 11 is 1.95. The molecule has 2 aliphatic rings. The minimum absolute atomic E-state index is 0.0132.